The number of amides is 2. The molecule has 29 heavy (non-hydrogen) atoms. The number of carbonyl (C=O) groups excluding carboxylic acids is 3. The molecule has 1 atom stereocenters. The van der Waals surface area contributed by atoms with E-state index in [1.807, 2.05) is 0 Å². The number of halogens is 2. The molecule has 152 valence electrons. The average molecular weight is 437 g/mol. The predicted octanol–water partition coefficient (Wildman–Crippen LogP) is 3.68. The molecular formula is C20H18Cl2N2O5. The number of rotatable bonds is 6. The number of ether oxygens (including phenoxy) is 2. The highest BCUT2D eigenvalue weighted by Gasteiger charge is 2.26. The van der Waals surface area contributed by atoms with Crippen molar-refractivity contribution in [1.82, 2.24) is 0 Å². The van der Waals surface area contributed by atoms with Crippen LogP contribution in [-0.4, -0.2) is 37.0 Å². The molecule has 0 saturated heterocycles. The molecule has 7 nitrogen and oxygen atoms in total. The van der Waals surface area contributed by atoms with Gasteiger partial charge in [0.25, 0.3) is 11.8 Å². The third-order valence-electron chi connectivity index (χ3n) is 4.21. The van der Waals surface area contributed by atoms with Crippen molar-refractivity contribution < 1.29 is 23.9 Å². The molecule has 0 bridgehead atoms. The molecule has 1 aliphatic heterocycles. The van der Waals surface area contributed by atoms with Gasteiger partial charge in [-0.25, -0.2) is 0 Å². The molecule has 1 aliphatic rings. The van der Waals surface area contributed by atoms with Crippen molar-refractivity contribution in [2.24, 2.45) is 0 Å². The number of benzene rings is 2. The number of hydrogen-bond donors (Lipinski definition) is 1. The molecular weight excluding hydrogens is 419 g/mol. The van der Waals surface area contributed by atoms with Gasteiger partial charge in [0.2, 0.25) is 0 Å². The van der Waals surface area contributed by atoms with Crippen molar-refractivity contribution in [3.8, 4) is 5.75 Å². The van der Waals surface area contributed by atoms with Gasteiger partial charge in [0, 0.05) is 11.6 Å². The first-order chi connectivity index (χ1) is 13.8. The van der Waals surface area contributed by atoms with Gasteiger partial charge in [-0.15, -0.1) is 0 Å². The summed E-state index contributed by atoms with van der Waals surface area (Å²) in [5, 5.41) is 3.29. The van der Waals surface area contributed by atoms with Gasteiger partial charge >= 0.3 is 5.97 Å². The Labute approximate surface area is 177 Å². The lowest BCUT2D eigenvalue weighted by Gasteiger charge is -2.29. The second-order valence-electron chi connectivity index (χ2n) is 6.30. The Morgan fingerprint density at radius 2 is 2.00 bits per heavy atom. The van der Waals surface area contributed by atoms with E-state index >= 15 is 0 Å². The Bertz CT molecular complexity index is 950. The first-order valence-electron chi connectivity index (χ1n) is 8.82. The summed E-state index contributed by atoms with van der Waals surface area (Å²) in [5.74, 6) is -0.810. The number of anilines is 2. The van der Waals surface area contributed by atoms with Crippen molar-refractivity contribution in [3.63, 3.8) is 0 Å². The quantitative estimate of drug-likeness (QED) is 0.698. The molecule has 3 rings (SSSR count). The van der Waals surface area contributed by atoms with Gasteiger partial charge in [-0.1, -0.05) is 35.3 Å². The average Bonchev–Trinajstić information content (AvgIpc) is 2.69. The van der Waals surface area contributed by atoms with E-state index in [4.69, 9.17) is 32.7 Å². The zero-order chi connectivity index (χ0) is 21.0. The summed E-state index contributed by atoms with van der Waals surface area (Å²) in [5.41, 5.74) is 0.958. The van der Waals surface area contributed by atoms with Crippen LogP contribution < -0.4 is 15.0 Å². The Balaban J connectivity index is 1.54. The number of para-hydroxylation sites is 2. The van der Waals surface area contributed by atoms with Crippen LogP contribution in [0.15, 0.2) is 42.5 Å². The van der Waals surface area contributed by atoms with Gasteiger partial charge in [-0.05, 0) is 37.3 Å². The first kappa shape index (κ1) is 21.0. The van der Waals surface area contributed by atoms with Crippen LogP contribution in [0.5, 0.6) is 5.75 Å². The standard InChI is InChI=1S/C20H18Cl2N2O5/c1-12(20(27)23-15-7-6-13(21)10-14(15)22)29-19(26)8-9-24-16-4-2-3-5-17(16)28-11-18(24)25/h2-7,10,12H,8-9,11H2,1H3,(H,23,27). The van der Waals surface area contributed by atoms with Crippen molar-refractivity contribution >= 4 is 52.4 Å². The third kappa shape index (κ3) is 5.19. The summed E-state index contributed by atoms with van der Waals surface area (Å²) in [6.07, 6.45) is -1.11. The van der Waals surface area contributed by atoms with Crippen LogP contribution in [0.2, 0.25) is 10.0 Å². The molecule has 0 fully saturated rings. The molecule has 0 radical (unpaired) electrons. The van der Waals surface area contributed by atoms with Crippen LogP contribution in [0.1, 0.15) is 13.3 Å². The third-order valence-corrected chi connectivity index (χ3v) is 4.76. The number of fused-ring (bicyclic) bond motifs is 1. The van der Waals surface area contributed by atoms with Gasteiger partial charge in [-0.2, -0.15) is 0 Å². The number of nitrogens with zero attached hydrogens (tertiary/aromatic N) is 1. The zero-order valence-electron chi connectivity index (χ0n) is 15.5. The van der Waals surface area contributed by atoms with Gasteiger partial charge in [-0.3, -0.25) is 14.4 Å². The predicted molar refractivity (Wildman–Crippen MR) is 110 cm³/mol. The van der Waals surface area contributed by atoms with Crippen molar-refractivity contribution in [3.05, 3.63) is 52.5 Å². The van der Waals surface area contributed by atoms with E-state index in [9.17, 15) is 14.4 Å². The van der Waals surface area contributed by atoms with Gasteiger partial charge in [0.15, 0.2) is 12.7 Å². The van der Waals surface area contributed by atoms with Gasteiger partial charge < -0.3 is 19.7 Å². The lowest BCUT2D eigenvalue weighted by molar-refractivity contribution is -0.153. The highest BCUT2D eigenvalue weighted by atomic mass is 35.5. The molecule has 1 N–H and O–H groups in total. The van der Waals surface area contributed by atoms with Crippen LogP contribution in [-0.2, 0) is 19.1 Å². The Kier molecular flexibility index (Phi) is 6.61. The zero-order valence-corrected chi connectivity index (χ0v) is 17.0. The number of hydrogen-bond acceptors (Lipinski definition) is 5. The minimum atomic E-state index is -1.04. The molecule has 1 unspecified atom stereocenters. The molecule has 0 aliphatic carbocycles. The molecule has 0 spiro atoms. The SMILES string of the molecule is CC(OC(=O)CCN1C(=O)COc2ccccc21)C(=O)Nc1ccc(Cl)cc1Cl. The first-order valence-corrected chi connectivity index (χ1v) is 9.58. The molecule has 2 aromatic rings. The Morgan fingerprint density at radius 1 is 1.24 bits per heavy atom. The fourth-order valence-electron chi connectivity index (χ4n) is 2.74. The van der Waals surface area contributed by atoms with Crippen LogP contribution in [0.25, 0.3) is 0 Å². The topological polar surface area (TPSA) is 84.9 Å². The van der Waals surface area contributed by atoms with Crippen LogP contribution >= 0.6 is 23.2 Å². The smallest absolute Gasteiger partial charge is 0.308 e. The van der Waals surface area contributed by atoms with E-state index in [0.29, 0.717) is 22.1 Å². The number of carbonyl (C=O) groups is 3. The maximum atomic E-state index is 12.2. The van der Waals surface area contributed by atoms with Crippen molar-refractivity contribution in [1.29, 1.82) is 0 Å². The molecule has 1 heterocycles. The van der Waals surface area contributed by atoms with Crippen molar-refractivity contribution in [2.45, 2.75) is 19.4 Å². The highest BCUT2D eigenvalue weighted by Crippen LogP contribution is 2.31. The van der Waals surface area contributed by atoms with Crippen LogP contribution in [0.4, 0.5) is 11.4 Å². The lowest BCUT2D eigenvalue weighted by Crippen LogP contribution is -2.40. The maximum Gasteiger partial charge on any atom is 0.308 e. The van der Waals surface area contributed by atoms with E-state index in [2.05, 4.69) is 5.32 Å². The summed E-state index contributed by atoms with van der Waals surface area (Å²) >= 11 is 11.8. The molecule has 2 amide bonds. The van der Waals surface area contributed by atoms with Gasteiger partial charge in [0.05, 0.1) is 22.8 Å². The fraction of sp³-hybridized carbons (Fsp3) is 0.250. The van der Waals surface area contributed by atoms with E-state index in [1.165, 1.54) is 17.9 Å². The molecule has 2 aromatic carbocycles. The Morgan fingerprint density at radius 3 is 2.76 bits per heavy atom. The minimum Gasteiger partial charge on any atom is -0.482 e. The summed E-state index contributed by atoms with van der Waals surface area (Å²) in [6, 6.07) is 11.7. The largest absolute Gasteiger partial charge is 0.482 e. The maximum absolute atomic E-state index is 12.2. The van der Waals surface area contributed by atoms with Crippen molar-refractivity contribution in [2.75, 3.05) is 23.4 Å². The van der Waals surface area contributed by atoms with E-state index in [0.717, 1.165) is 0 Å². The van der Waals surface area contributed by atoms with E-state index in [1.54, 1.807) is 36.4 Å². The summed E-state index contributed by atoms with van der Waals surface area (Å²) in [6.45, 7) is 1.48. The number of esters is 1. The number of nitrogens with one attached hydrogen (secondary N) is 1. The highest BCUT2D eigenvalue weighted by molar-refractivity contribution is 6.36. The Hall–Kier alpha value is -2.77. The molecule has 9 heteroatoms. The summed E-state index contributed by atoms with van der Waals surface area (Å²) in [7, 11) is 0. The summed E-state index contributed by atoms with van der Waals surface area (Å²) < 4.78 is 10.5. The fourth-order valence-corrected chi connectivity index (χ4v) is 3.19. The van der Waals surface area contributed by atoms with Gasteiger partial charge in [0.1, 0.15) is 5.75 Å². The lowest BCUT2D eigenvalue weighted by atomic mass is 10.2. The monoisotopic (exact) mass is 436 g/mol. The van der Waals surface area contributed by atoms with E-state index in [-0.39, 0.29) is 30.5 Å². The van der Waals surface area contributed by atoms with Crippen LogP contribution in [0, 0.1) is 0 Å². The normalized spacial score (nSPS) is 13.9. The second kappa shape index (κ2) is 9.15. The summed E-state index contributed by atoms with van der Waals surface area (Å²) in [4.78, 5) is 38.0. The molecule has 0 aromatic heterocycles. The second-order valence-corrected chi connectivity index (χ2v) is 7.14. The molecule has 0 saturated carbocycles. The van der Waals surface area contributed by atoms with E-state index < -0.39 is 18.0 Å². The van der Waals surface area contributed by atoms with Crippen LogP contribution in [0.3, 0.4) is 0 Å². The minimum absolute atomic E-state index is 0.0700.